The van der Waals surface area contributed by atoms with Gasteiger partial charge in [0, 0.05) is 16.9 Å². The monoisotopic (exact) mass is 414 g/mol. The number of nitrogens with one attached hydrogen (secondary N) is 2. The van der Waals surface area contributed by atoms with Gasteiger partial charge < -0.3 is 10.1 Å². The maximum absolute atomic E-state index is 14.3. The number of methoxy groups -OCH3 is 1. The molecule has 0 saturated carbocycles. The summed E-state index contributed by atoms with van der Waals surface area (Å²) in [6, 6.07) is 16.4. The second kappa shape index (κ2) is 8.32. The molecule has 8 heteroatoms. The van der Waals surface area contributed by atoms with Gasteiger partial charge in [-0.1, -0.05) is 17.7 Å². The molecule has 0 aliphatic carbocycles. The summed E-state index contributed by atoms with van der Waals surface area (Å²) in [5, 5.41) is 2.66. The first kappa shape index (κ1) is 20.3. The largest absolute Gasteiger partial charge is 0.497 e. The molecule has 0 heterocycles. The predicted octanol–water partition coefficient (Wildman–Crippen LogP) is 4.20. The molecule has 150 valence electrons. The second-order valence-electron chi connectivity index (χ2n) is 6.30. The minimum absolute atomic E-state index is 0.0158. The van der Waals surface area contributed by atoms with E-state index in [1.54, 1.807) is 24.3 Å². The van der Waals surface area contributed by atoms with E-state index in [0.717, 1.165) is 17.7 Å². The number of rotatable bonds is 6. The lowest BCUT2D eigenvalue weighted by Crippen LogP contribution is -2.17. The van der Waals surface area contributed by atoms with Gasteiger partial charge in [-0.05, 0) is 61.5 Å². The molecule has 0 radical (unpaired) electrons. The van der Waals surface area contributed by atoms with Crippen molar-refractivity contribution in [3.63, 3.8) is 0 Å². The fourth-order valence-corrected chi connectivity index (χ4v) is 3.72. The maximum Gasteiger partial charge on any atom is 0.264 e. The highest BCUT2D eigenvalue weighted by Crippen LogP contribution is 2.22. The topological polar surface area (TPSA) is 84.5 Å². The molecule has 0 atom stereocenters. The third-order valence-electron chi connectivity index (χ3n) is 4.13. The molecule has 1 amide bonds. The molecule has 3 aromatic rings. The SMILES string of the molecule is COc1ccc(NS(=O)(=O)c2cc(C(=O)Nc3ccc(C)cc3)ccc2F)cc1. The Morgan fingerprint density at radius 1 is 0.931 bits per heavy atom. The first-order valence-electron chi connectivity index (χ1n) is 8.63. The Morgan fingerprint density at radius 2 is 1.55 bits per heavy atom. The van der Waals surface area contributed by atoms with E-state index >= 15 is 0 Å². The number of hydrogen-bond donors (Lipinski definition) is 2. The van der Waals surface area contributed by atoms with Crippen LogP contribution in [0.2, 0.25) is 0 Å². The summed E-state index contributed by atoms with van der Waals surface area (Å²) in [5.41, 5.74) is 1.83. The smallest absolute Gasteiger partial charge is 0.264 e. The number of ether oxygens (including phenoxy) is 1. The van der Waals surface area contributed by atoms with Crippen molar-refractivity contribution in [3.05, 3.63) is 83.7 Å². The van der Waals surface area contributed by atoms with E-state index in [4.69, 9.17) is 4.74 Å². The lowest BCUT2D eigenvalue weighted by atomic mass is 10.2. The Balaban J connectivity index is 1.84. The van der Waals surface area contributed by atoms with Crippen LogP contribution in [0.3, 0.4) is 0 Å². The number of carbonyl (C=O) groups is 1. The molecule has 0 fully saturated rings. The van der Waals surface area contributed by atoms with Crippen molar-refractivity contribution in [3.8, 4) is 5.75 Å². The molecule has 0 aliphatic heterocycles. The zero-order chi connectivity index (χ0) is 21.0. The third-order valence-corrected chi connectivity index (χ3v) is 5.53. The number of amides is 1. The number of aryl methyl sites for hydroxylation is 1. The molecule has 3 aromatic carbocycles. The van der Waals surface area contributed by atoms with Crippen LogP contribution in [-0.4, -0.2) is 21.4 Å². The Kier molecular flexibility index (Phi) is 5.84. The van der Waals surface area contributed by atoms with Crippen LogP contribution in [0.5, 0.6) is 5.75 Å². The van der Waals surface area contributed by atoms with Gasteiger partial charge in [-0.25, -0.2) is 12.8 Å². The van der Waals surface area contributed by atoms with Gasteiger partial charge in [0.15, 0.2) is 0 Å². The lowest BCUT2D eigenvalue weighted by molar-refractivity contribution is 0.102. The molecule has 0 spiro atoms. The van der Waals surface area contributed by atoms with Crippen molar-refractivity contribution in [2.24, 2.45) is 0 Å². The van der Waals surface area contributed by atoms with Crippen LogP contribution >= 0.6 is 0 Å². The molecule has 2 N–H and O–H groups in total. The molecule has 3 rings (SSSR count). The van der Waals surface area contributed by atoms with Crippen molar-refractivity contribution < 1.29 is 22.3 Å². The van der Waals surface area contributed by atoms with Gasteiger partial charge in [-0.2, -0.15) is 0 Å². The number of sulfonamides is 1. The molecule has 0 unspecified atom stereocenters. The first-order valence-corrected chi connectivity index (χ1v) is 10.1. The van der Waals surface area contributed by atoms with Crippen LogP contribution in [0, 0.1) is 12.7 Å². The zero-order valence-corrected chi connectivity index (χ0v) is 16.6. The quantitative estimate of drug-likeness (QED) is 0.633. The van der Waals surface area contributed by atoms with Crippen molar-refractivity contribution in [2.75, 3.05) is 17.1 Å². The van der Waals surface area contributed by atoms with Gasteiger partial charge >= 0.3 is 0 Å². The van der Waals surface area contributed by atoms with E-state index in [1.165, 1.54) is 25.3 Å². The van der Waals surface area contributed by atoms with Gasteiger partial charge in [0.05, 0.1) is 7.11 Å². The zero-order valence-electron chi connectivity index (χ0n) is 15.8. The van der Waals surface area contributed by atoms with E-state index in [1.807, 2.05) is 19.1 Å². The van der Waals surface area contributed by atoms with Crippen molar-refractivity contribution in [1.82, 2.24) is 0 Å². The number of hydrogen-bond acceptors (Lipinski definition) is 4. The molecule has 0 aliphatic rings. The average Bonchev–Trinajstić information content (AvgIpc) is 2.70. The maximum atomic E-state index is 14.3. The highest BCUT2D eigenvalue weighted by Gasteiger charge is 2.21. The Hall–Kier alpha value is -3.39. The second-order valence-corrected chi connectivity index (χ2v) is 7.95. The molecule has 29 heavy (non-hydrogen) atoms. The van der Waals surface area contributed by atoms with Gasteiger partial charge in [0.25, 0.3) is 15.9 Å². The van der Waals surface area contributed by atoms with Crippen LogP contribution in [0.15, 0.2) is 71.6 Å². The van der Waals surface area contributed by atoms with E-state index in [-0.39, 0.29) is 11.3 Å². The highest BCUT2D eigenvalue weighted by molar-refractivity contribution is 7.92. The van der Waals surface area contributed by atoms with Crippen LogP contribution in [0.1, 0.15) is 15.9 Å². The molecule has 6 nitrogen and oxygen atoms in total. The van der Waals surface area contributed by atoms with Crippen molar-refractivity contribution >= 4 is 27.3 Å². The van der Waals surface area contributed by atoms with Crippen LogP contribution in [0.4, 0.5) is 15.8 Å². The number of halogens is 1. The standard InChI is InChI=1S/C21H19FN2O4S/c1-14-3-6-16(7-4-14)23-21(25)15-5-12-19(22)20(13-15)29(26,27)24-17-8-10-18(28-2)11-9-17/h3-13,24H,1-2H3,(H,23,25). The number of carbonyl (C=O) groups excluding carboxylic acids is 1. The summed E-state index contributed by atoms with van der Waals surface area (Å²) >= 11 is 0. The third kappa shape index (κ3) is 4.91. The Labute approximate surface area is 168 Å². The summed E-state index contributed by atoms with van der Waals surface area (Å²) in [6.45, 7) is 1.92. The van der Waals surface area contributed by atoms with E-state index in [2.05, 4.69) is 10.0 Å². The van der Waals surface area contributed by atoms with Gasteiger partial charge in [-0.3, -0.25) is 9.52 Å². The molecule has 0 bridgehead atoms. The van der Waals surface area contributed by atoms with Crippen LogP contribution in [0.25, 0.3) is 0 Å². The van der Waals surface area contributed by atoms with Crippen molar-refractivity contribution in [1.29, 1.82) is 0 Å². The van der Waals surface area contributed by atoms with E-state index < -0.39 is 26.6 Å². The Morgan fingerprint density at radius 3 is 2.17 bits per heavy atom. The Bertz CT molecular complexity index is 1130. The van der Waals surface area contributed by atoms with Gasteiger partial charge in [-0.15, -0.1) is 0 Å². The van der Waals surface area contributed by atoms with Crippen LogP contribution < -0.4 is 14.8 Å². The van der Waals surface area contributed by atoms with Crippen LogP contribution in [-0.2, 0) is 10.0 Å². The van der Waals surface area contributed by atoms with Crippen molar-refractivity contribution in [2.45, 2.75) is 11.8 Å². The summed E-state index contributed by atoms with van der Waals surface area (Å²) in [4.78, 5) is 11.8. The fraction of sp³-hybridized carbons (Fsp3) is 0.0952. The summed E-state index contributed by atoms with van der Waals surface area (Å²) in [5.74, 6) is -0.957. The minimum atomic E-state index is -4.24. The van der Waals surface area contributed by atoms with Gasteiger partial charge in [0.2, 0.25) is 0 Å². The molecule has 0 saturated heterocycles. The fourth-order valence-electron chi connectivity index (χ4n) is 2.56. The summed E-state index contributed by atoms with van der Waals surface area (Å²) in [7, 11) is -2.76. The summed E-state index contributed by atoms with van der Waals surface area (Å²) < 4.78 is 46.8. The number of benzene rings is 3. The first-order chi connectivity index (χ1) is 13.8. The molecular weight excluding hydrogens is 395 g/mol. The van der Waals surface area contributed by atoms with E-state index in [0.29, 0.717) is 11.4 Å². The lowest BCUT2D eigenvalue weighted by Gasteiger charge is -2.11. The minimum Gasteiger partial charge on any atom is -0.497 e. The highest BCUT2D eigenvalue weighted by atomic mass is 32.2. The van der Waals surface area contributed by atoms with Gasteiger partial charge in [0.1, 0.15) is 16.5 Å². The van der Waals surface area contributed by atoms with E-state index in [9.17, 15) is 17.6 Å². The average molecular weight is 414 g/mol. The summed E-state index contributed by atoms with van der Waals surface area (Å²) in [6.07, 6.45) is 0. The number of anilines is 2. The predicted molar refractivity (Wildman–Crippen MR) is 109 cm³/mol. The normalized spacial score (nSPS) is 11.0. The molecule has 0 aromatic heterocycles. The molecular formula is C21H19FN2O4S.